The zero-order valence-corrected chi connectivity index (χ0v) is 11.8. The highest BCUT2D eigenvalue weighted by Crippen LogP contribution is 2.38. The Morgan fingerprint density at radius 2 is 2.00 bits per heavy atom. The summed E-state index contributed by atoms with van der Waals surface area (Å²) in [5, 5.41) is 3.30. The van der Waals surface area contributed by atoms with Crippen molar-refractivity contribution in [2.24, 2.45) is 0 Å². The van der Waals surface area contributed by atoms with Crippen LogP contribution >= 0.6 is 43.2 Å². The summed E-state index contributed by atoms with van der Waals surface area (Å²) in [4.78, 5) is 4.72. The third kappa shape index (κ3) is 2.89. The van der Waals surface area contributed by atoms with Crippen molar-refractivity contribution in [3.63, 3.8) is 0 Å². The van der Waals surface area contributed by atoms with Gasteiger partial charge in [-0.15, -0.1) is 11.3 Å². The fourth-order valence-electron chi connectivity index (χ4n) is 1.03. The molecule has 0 atom stereocenters. The maximum atomic E-state index is 12.2. The molecule has 2 rings (SSSR count). The van der Waals surface area contributed by atoms with E-state index in [4.69, 9.17) is 0 Å². The van der Waals surface area contributed by atoms with E-state index in [0.717, 1.165) is 4.88 Å². The summed E-state index contributed by atoms with van der Waals surface area (Å²) in [6, 6.07) is 3.40. The Kier molecular flexibility index (Phi) is 3.60. The summed E-state index contributed by atoms with van der Waals surface area (Å²) >= 11 is 7.85. The second kappa shape index (κ2) is 4.69. The van der Waals surface area contributed by atoms with E-state index in [0.29, 0.717) is 4.88 Å². The molecule has 2 heterocycles. The van der Waals surface area contributed by atoms with Crippen LogP contribution in [-0.4, -0.2) is 10.1 Å². The summed E-state index contributed by atoms with van der Waals surface area (Å²) in [6.45, 7) is 0. The molecular weight excluding hydrogens is 389 g/mol. The molecule has 0 fully saturated rings. The van der Waals surface area contributed by atoms with E-state index < -0.39 is 12.1 Å². The van der Waals surface area contributed by atoms with E-state index >= 15 is 0 Å². The van der Waals surface area contributed by atoms with E-state index in [1.165, 1.54) is 11.3 Å². The zero-order valence-electron chi connectivity index (χ0n) is 7.83. The van der Waals surface area contributed by atoms with Crippen LogP contribution in [0.5, 0.6) is 0 Å². The molecule has 92 valence electrons. The first-order valence-corrected chi connectivity index (χ1v) is 6.82. The monoisotopic (exact) mass is 390 g/mol. The summed E-state index contributed by atoms with van der Waals surface area (Å²) in [7, 11) is 0. The van der Waals surface area contributed by atoms with Crippen molar-refractivity contribution in [3.8, 4) is 10.7 Å². The minimum atomic E-state index is -4.61. The minimum absolute atomic E-state index is 0.0530. The Morgan fingerprint density at radius 1 is 1.29 bits per heavy atom. The van der Waals surface area contributed by atoms with Crippen LogP contribution in [0.25, 0.3) is 10.7 Å². The minimum Gasteiger partial charge on any atom is -0.329 e. The van der Waals surface area contributed by atoms with Gasteiger partial charge in [-0.05, 0) is 12.1 Å². The lowest BCUT2D eigenvalue weighted by Gasteiger charge is -1.95. The van der Waals surface area contributed by atoms with Gasteiger partial charge in [0.1, 0.15) is 3.74 Å². The first-order chi connectivity index (χ1) is 7.88. The summed E-state index contributed by atoms with van der Waals surface area (Å²) in [6.07, 6.45) is -4.61. The summed E-state index contributed by atoms with van der Waals surface area (Å²) in [5.41, 5.74) is 0. The van der Waals surface area contributed by atoms with Crippen LogP contribution < -0.4 is 0 Å². The maximum Gasteiger partial charge on any atom is 0.471 e. The fraction of sp³-hybridized carbons (Fsp3) is 0.250. The van der Waals surface area contributed by atoms with Gasteiger partial charge in [0.25, 0.3) is 0 Å². The standard InChI is InChI=1S/C8H3Br2F3N2OS/c9-5(10)3-1-2-4(17-3)6-14-7(16-15-6)8(11,12)13/h1-2,5H. The number of hydrogen-bond donors (Lipinski definition) is 0. The molecule has 0 N–H and O–H groups in total. The van der Waals surface area contributed by atoms with Crippen molar-refractivity contribution in [3.05, 3.63) is 22.9 Å². The Labute approximate surface area is 114 Å². The average molecular weight is 392 g/mol. The topological polar surface area (TPSA) is 38.9 Å². The van der Waals surface area contributed by atoms with Crippen molar-refractivity contribution in [2.75, 3.05) is 0 Å². The number of halogens is 5. The number of thiophene rings is 1. The fourth-order valence-corrected chi connectivity index (χ4v) is 2.68. The predicted molar refractivity (Wildman–Crippen MR) is 63.2 cm³/mol. The van der Waals surface area contributed by atoms with Gasteiger partial charge in [-0.25, -0.2) is 0 Å². The van der Waals surface area contributed by atoms with Gasteiger partial charge in [-0.1, -0.05) is 37.0 Å². The quantitative estimate of drug-likeness (QED) is 0.702. The van der Waals surface area contributed by atoms with E-state index in [2.05, 4.69) is 46.5 Å². The molecule has 0 unspecified atom stereocenters. The van der Waals surface area contributed by atoms with Crippen LogP contribution in [0.2, 0.25) is 0 Å². The van der Waals surface area contributed by atoms with Gasteiger partial charge < -0.3 is 4.52 Å². The number of hydrogen-bond acceptors (Lipinski definition) is 4. The zero-order chi connectivity index (χ0) is 12.6. The second-order valence-corrected chi connectivity index (χ2v) is 7.10. The molecular formula is C8H3Br2F3N2OS. The predicted octanol–water partition coefficient (Wildman–Crippen LogP) is 4.61. The van der Waals surface area contributed by atoms with Gasteiger partial charge in [0, 0.05) is 4.88 Å². The number of aromatic nitrogens is 2. The van der Waals surface area contributed by atoms with Gasteiger partial charge in [0.15, 0.2) is 0 Å². The number of alkyl halides is 5. The van der Waals surface area contributed by atoms with Gasteiger partial charge in [0.05, 0.1) is 4.88 Å². The van der Waals surface area contributed by atoms with Crippen molar-refractivity contribution in [1.82, 2.24) is 10.1 Å². The first-order valence-electron chi connectivity index (χ1n) is 4.17. The van der Waals surface area contributed by atoms with Gasteiger partial charge in [0.2, 0.25) is 5.82 Å². The van der Waals surface area contributed by atoms with E-state index in [1.54, 1.807) is 12.1 Å². The number of nitrogens with zero attached hydrogens (tertiary/aromatic N) is 2. The average Bonchev–Trinajstić information content (AvgIpc) is 2.85. The van der Waals surface area contributed by atoms with E-state index in [-0.39, 0.29) is 9.56 Å². The smallest absolute Gasteiger partial charge is 0.329 e. The highest BCUT2D eigenvalue weighted by molar-refractivity contribution is 9.24. The van der Waals surface area contributed by atoms with Crippen molar-refractivity contribution in [2.45, 2.75) is 9.91 Å². The molecule has 2 aromatic rings. The molecule has 9 heteroatoms. The van der Waals surface area contributed by atoms with Crippen LogP contribution in [-0.2, 0) is 6.18 Å². The Hall–Kier alpha value is -0.410. The molecule has 2 aromatic heterocycles. The Balaban J connectivity index is 2.31. The third-order valence-corrected chi connectivity index (χ3v) is 4.47. The third-order valence-electron chi connectivity index (χ3n) is 1.73. The highest BCUT2D eigenvalue weighted by Gasteiger charge is 2.38. The number of rotatable bonds is 2. The molecule has 0 aliphatic rings. The van der Waals surface area contributed by atoms with Crippen molar-refractivity contribution < 1.29 is 17.7 Å². The van der Waals surface area contributed by atoms with Crippen molar-refractivity contribution in [1.29, 1.82) is 0 Å². The molecule has 0 saturated heterocycles. The Morgan fingerprint density at radius 3 is 2.47 bits per heavy atom. The van der Waals surface area contributed by atoms with Crippen LogP contribution in [0.3, 0.4) is 0 Å². The van der Waals surface area contributed by atoms with Crippen LogP contribution in [0.4, 0.5) is 13.2 Å². The second-order valence-electron chi connectivity index (χ2n) is 2.92. The van der Waals surface area contributed by atoms with Gasteiger partial charge >= 0.3 is 12.1 Å². The van der Waals surface area contributed by atoms with E-state index in [9.17, 15) is 13.2 Å². The highest BCUT2D eigenvalue weighted by atomic mass is 79.9. The molecule has 0 aromatic carbocycles. The molecule has 0 radical (unpaired) electrons. The largest absolute Gasteiger partial charge is 0.471 e. The van der Waals surface area contributed by atoms with Crippen LogP contribution in [0.1, 0.15) is 14.5 Å². The summed E-state index contributed by atoms with van der Waals surface area (Å²) in [5.74, 6) is -1.40. The lowest BCUT2D eigenvalue weighted by molar-refractivity contribution is -0.159. The van der Waals surface area contributed by atoms with Crippen LogP contribution in [0, 0.1) is 0 Å². The SMILES string of the molecule is FC(F)(F)c1nc(-c2ccc(C(Br)Br)s2)no1. The molecule has 0 saturated carbocycles. The molecule has 0 bridgehead atoms. The Bertz CT molecular complexity index is 523. The molecule has 0 spiro atoms. The van der Waals surface area contributed by atoms with Gasteiger partial charge in [-0.2, -0.15) is 18.2 Å². The molecule has 17 heavy (non-hydrogen) atoms. The van der Waals surface area contributed by atoms with E-state index in [1.807, 2.05) is 0 Å². The van der Waals surface area contributed by atoms with Crippen molar-refractivity contribution >= 4 is 43.2 Å². The first kappa shape index (κ1) is 13.0. The lowest BCUT2D eigenvalue weighted by atomic mass is 10.4. The molecule has 3 nitrogen and oxygen atoms in total. The normalized spacial score (nSPS) is 12.4. The molecule has 0 aliphatic carbocycles. The molecule has 0 aliphatic heterocycles. The lowest BCUT2D eigenvalue weighted by Crippen LogP contribution is -2.04. The molecule has 0 amide bonds. The maximum absolute atomic E-state index is 12.2. The summed E-state index contributed by atoms with van der Waals surface area (Å²) < 4.78 is 40.8. The van der Waals surface area contributed by atoms with Crippen LogP contribution in [0.15, 0.2) is 16.7 Å². The van der Waals surface area contributed by atoms with Gasteiger partial charge in [-0.3, -0.25) is 0 Å².